The Bertz CT molecular complexity index is 770. The second-order valence-electron chi connectivity index (χ2n) is 7.43. The first-order valence-corrected chi connectivity index (χ1v) is 8.41. The molecule has 0 aliphatic rings. The predicted octanol–water partition coefficient (Wildman–Crippen LogP) is 5.08. The maximum atomic E-state index is 13.6. The van der Waals surface area contributed by atoms with Crippen LogP contribution in [0.25, 0.3) is 0 Å². The number of hydrogen-bond donors (Lipinski definition) is 1. The van der Waals surface area contributed by atoms with E-state index < -0.39 is 77.7 Å². The fourth-order valence-electron chi connectivity index (χ4n) is 2.08. The zero-order chi connectivity index (χ0) is 28.9. The van der Waals surface area contributed by atoms with Gasteiger partial charge < -0.3 is 15.2 Å². The number of carbonyl (C=O) groups excluding carboxylic acids is 1. The highest BCUT2D eigenvalue weighted by Gasteiger charge is 2.95. The molecule has 0 atom stereocenters. The van der Waals surface area contributed by atoms with Gasteiger partial charge in [-0.25, -0.2) is 0 Å². The Labute approximate surface area is 183 Å². The van der Waals surface area contributed by atoms with Crippen molar-refractivity contribution in [3.63, 3.8) is 0 Å². The lowest BCUT2D eigenvalue weighted by Gasteiger charge is -2.42. The highest BCUT2D eigenvalue weighted by atomic mass is 19.4. The minimum Gasteiger partial charge on any atom is -0.633 e. The molecule has 0 saturated carbocycles. The molecule has 0 heterocycles. The van der Waals surface area contributed by atoms with Crippen LogP contribution in [0.5, 0.6) is 0 Å². The molecule has 21 heteroatoms. The topological polar surface area (TPSA) is 52.2 Å². The molecule has 35 heavy (non-hydrogen) atoms. The van der Waals surface area contributed by atoms with Crippen LogP contribution in [0.1, 0.15) is 6.42 Å². The molecule has 0 fully saturated rings. The minimum absolute atomic E-state index is 0.550. The van der Waals surface area contributed by atoms with E-state index in [9.17, 15) is 84.6 Å². The van der Waals surface area contributed by atoms with E-state index in [-0.39, 0.29) is 0 Å². The molecule has 0 aliphatic carbocycles. The first kappa shape index (κ1) is 33.2. The van der Waals surface area contributed by atoms with Crippen LogP contribution in [-0.2, 0) is 4.79 Å². The zero-order valence-corrected chi connectivity index (χ0v) is 16.8. The maximum absolute atomic E-state index is 13.6. The van der Waals surface area contributed by atoms with Gasteiger partial charge in [-0.1, -0.05) is 0 Å². The third kappa shape index (κ3) is 5.19. The van der Waals surface area contributed by atoms with Crippen molar-refractivity contribution in [1.29, 1.82) is 0 Å². The minimum atomic E-state index is -8.75. The number of hydrogen-bond acceptors (Lipinski definition) is 2. The van der Waals surface area contributed by atoms with E-state index in [1.54, 1.807) is 0 Å². The molecular weight excluding hydrogens is 551 g/mol. The quantitative estimate of drug-likeness (QED) is 0.165. The van der Waals surface area contributed by atoms with E-state index >= 15 is 0 Å². The van der Waals surface area contributed by atoms with Crippen LogP contribution in [0.2, 0.25) is 0 Å². The number of alkyl halides is 17. The number of rotatable bonds is 11. The highest BCUT2D eigenvalue weighted by Crippen LogP contribution is 2.63. The number of halogens is 17. The van der Waals surface area contributed by atoms with Crippen LogP contribution in [-0.4, -0.2) is 85.4 Å². The summed E-state index contributed by atoms with van der Waals surface area (Å²) in [6.07, 6.45) is -8.48. The second kappa shape index (κ2) is 8.94. The Kier molecular flexibility index (Phi) is 8.48. The molecular formula is C14H13F17N2O2. The van der Waals surface area contributed by atoms with Gasteiger partial charge in [0.05, 0.1) is 20.6 Å². The lowest BCUT2D eigenvalue weighted by atomic mass is 9.89. The van der Waals surface area contributed by atoms with Crippen LogP contribution in [0, 0.1) is 5.21 Å². The molecule has 0 saturated heterocycles. The van der Waals surface area contributed by atoms with Crippen molar-refractivity contribution in [3.05, 3.63) is 5.21 Å². The normalized spacial score (nSPS) is 15.9. The van der Waals surface area contributed by atoms with E-state index in [1.807, 2.05) is 0 Å². The fourth-order valence-corrected chi connectivity index (χ4v) is 2.08. The standard InChI is InChI=1S/C14H13F17N2O2/c1-33(2,35)5-3-4-32-6(34)7(15,16)8(17,18)9(19,20)10(21,22)11(23,24)12(25,26)13(27,28)14(29,30)31/h3-5H2,1-2H3,(H,32,34). The van der Waals surface area contributed by atoms with Gasteiger partial charge >= 0.3 is 47.6 Å². The van der Waals surface area contributed by atoms with E-state index in [4.69, 9.17) is 0 Å². The summed E-state index contributed by atoms with van der Waals surface area (Å²) in [5, 5.41) is 11.9. The summed E-state index contributed by atoms with van der Waals surface area (Å²) in [5.74, 6) is -61.7. The SMILES string of the molecule is C[N+](C)([O-])CCCNC(=O)C(F)(F)C(F)(F)C(F)(F)C(F)(F)C(F)(F)C(F)(F)C(F)(F)C(F)(F)F. The first-order chi connectivity index (χ1) is 14.9. The van der Waals surface area contributed by atoms with Crippen molar-refractivity contribution >= 4 is 5.91 Å². The third-order valence-corrected chi connectivity index (χ3v) is 4.17. The maximum Gasteiger partial charge on any atom is 0.460 e. The number of hydroxylamine groups is 3. The van der Waals surface area contributed by atoms with Crippen LogP contribution in [0.3, 0.4) is 0 Å². The van der Waals surface area contributed by atoms with Crippen molar-refractivity contribution in [2.75, 3.05) is 27.2 Å². The fraction of sp³-hybridized carbons (Fsp3) is 0.929. The molecule has 0 radical (unpaired) electrons. The molecule has 0 aromatic rings. The number of quaternary nitrogens is 1. The van der Waals surface area contributed by atoms with Crippen molar-refractivity contribution in [2.24, 2.45) is 0 Å². The van der Waals surface area contributed by atoms with Gasteiger partial charge in [0.2, 0.25) is 0 Å². The Morgan fingerprint density at radius 1 is 0.629 bits per heavy atom. The summed E-state index contributed by atoms with van der Waals surface area (Å²) in [7, 11) is 1.87. The van der Waals surface area contributed by atoms with Crippen LogP contribution in [0.15, 0.2) is 0 Å². The van der Waals surface area contributed by atoms with Gasteiger partial charge in [-0.2, -0.15) is 74.6 Å². The van der Waals surface area contributed by atoms with Crippen molar-refractivity contribution < 1.29 is 84.1 Å². The van der Waals surface area contributed by atoms with Crippen molar-refractivity contribution in [1.82, 2.24) is 5.32 Å². The third-order valence-electron chi connectivity index (χ3n) is 4.17. The average Bonchev–Trinajstić information content (AvgIpc) is 2.62. The molecule has 1 N–H and O–H groups in total. The molecule has 0 aliphatic heterocycles. The summed E-state index contributed by atoms with van der Waals surface area (Å²) >= 11 is 0. The number of carbonyl (C=O) groups is 1. The van der Waals surface area contributed by atoms with Crippen LogP contribution >= 0.6 is 0 Å². The van der Waals surface area contributed by atoms with Crippen molar-refractivity contribution in [2.45, 2.75) is 54.1 Å². The average molecular weight is 564 g/mol. The molecule has 0 spiro atoms. The molecule has 4 nitrogen and oxygen atoms in total. The van der Waals surface area contributed by atoms with Crippen LogP contribution in [0.4, 0.5) is 74.6 Å². The Hall–Kier alpha value is -1.80. The largest absolute Gasteiger partial charge is 0.633 e. The van der Waals surface area contributed by atoms with Gasteiger partial charge in [0.1, 0.15) is 0 Å². The Morgan fingerprint density at radius 2 is 0.943 bits per heavy atom. The summed E-state index contributed by atoms with van der Waals surface area (Å²) in [6, 6.07) is 0. The molecule has 0 bridgehead atoms. The van der Waals surface area contributed by atoms with E-state index in [0.717, 1.165) is 19.4 Å². The molecule has 1 amide bonds. The van der Waals surface area contributed by atoms with E-state index in [1.165, 1.54) is 0 Å². The van der Waals surface area contributed by atoms with Gasteiger partial charge in [0.25, 0.3) is 5.91 Å². The summed E-state index contributed by atoms with van der Waals surface area (Å²) in [5.41, 5.74) is 0. The number of amides is 1. The molecule has 210 valence electrons. The summed E-state index contributed by atoms with van der Waals surface area (Å²) < 4.78 is 221. The predicted molar refractivity (Wildman–Crippen MR) is 78.7 cm³/mol. The van der Waals surface area contributed by atoms with Gasteiger partial charge in [-0.05, 0) is 0 Å². The molecule has 0 rings (SSSR count). The van der Waals surface area contributed by atoms with Gasteiger partial charge in [0, 0.05) is 13.0 Å². The molecule has 0 unspecified atom stereocenters. The lowest BCUT2D eigenvalue weighted by molar-refractivity contribution is -0.840. The van der Waals surface area contributed by atoms with Crippen LogP contribution < -0.4 is 5.32 Å². The summed E-state index contributed by atoms with van der Waals surface area (Å²) in [6.45, 7) is -1.76. The molecule has 0 aromatic heterocycles. The highest BCUT2D eigenvalue weighted by molar-refractivity contribution is 5.84. The van der Waals surface area contributed by atoms with Crippen molar-refractivity contribution in [3.8, 4) is 0 Å². The summed E-state index contributed by atoms with van der Waals surface area (Å²) in [4.78, 5) is 11.1. The lowest BCUT2D eigenvalue weighted by Crippen LogP contribution is -2.75. The van der Waals surface area contributed by atoms with E-state index in [2.05, 4.69) is 0 Å². The van der Waals surface area contributed by atoms with Gasteiger partial charge in [0.15, 0.2) is 0 Å². The monoisotopic (exact) mass is 564 g/mol. The molecule has 0 aromatic carbocycles. The number of nitrogens with zero attached hydrogens (tertiary/aromatic N) is 1. The zero-order valence-electron chi connectivity index (χ0n) is 16.8. The number of nitrogens with one attached hydrogen (secondary N) is 1. The second-order valence-corrected chi connectivity index (χ2v) is 7.43. The first-order valence-electron chi connectivity index (χ1n) is 8.41. The van der Waals surface area contributed by atoms with Gasteiger partial charge in [-0.15, -0.1) is 0 Å². The van der Waals surface area contributed by atoms with E-state index in [0.29, 0.717) is 0 Å². The smallest absolute Gasteiger partial charge is 0.460 e. The Balaban J connectivity index is 6.33. The van der Waals surface area contributed by atoms with Gasteiger partial charge in [-0.3, -0.25) is 4.79 Å². The Morgan fingerprint density at radius 3 is 1.26 bits per heavy atom.